The van der Waals surface area contributed by atoms with Crippen molar-refractivity contribution in [1.29, 1.82) is 0 Å². The van der Waals surface area contributed by atoms with Gasteiger partial charge in [0.2, 0.25) is 0 Å². The van der Waals surface area contributed by atoms with Crippen LogP contribution in [0.15, 0.2) is 12.4 Å². The predicted molar refractivity (Wildman–Crippen MR) is 73.0 cm³/mol. The summed E-state index contributed by atoms with van der Waals surface area (Å²) < 4.78 is 0. The summed E-state index contributed by atoms with van der Waals surface area (Å²) in [4.78, 5) is 8.18. The maximum Gasteiger partial charge on any atom is 0.145 e. The summed E-state index contributed by atoms with van der Waals surface area (Å²) in [6.07, 6.45) is 5.24. The zero-order valence-corrected chi connectivity index (χ0v) is 10.8. The van der Waals surface area contributed by atoms with Crippen LogP contribution in [0.1, 0.15) is 26.2 Å². The van der Waals surface area contributed by atoms with Gasteiger partial charge in [0.15, 0.2) is 0 Å². The van der Waals surface area contributed by atoms with Crippen LogP contribution in [0.5, 0.6) is 0 Å². The van der Waals surface area contributed by atoms with E-state index in [-0.39, 0.29) is 0 Å². The van der Waals surface area contributed by atoms with Gasteiger partial charge in [0.1, 0.15) is 18.0 Å². The van der Waals surface area contributed by atoms with Crippen molar-refractivity contribution in [3.8, 4) is 0 Å². The molecule has 1 aliphatic carbocycles. The first-order chi connectivity index (χ1) is 8.31. The van der Waals surface area contributed by atoms with Crippen molar-refractivity contribution in [2.75, 3.05) is 16.5 Å². The summed E-state index contributed by atoms with van der Waals surface area (Å²) in [6.45, 7) is 2.22. The number of nitrogens with zero attached hydrogens (tertiary/aromatic N) is 2. The van der Waals surface area contributed by atoms with Gasteiger partial charge in [0, 0.05) is 17.4 Å². The summed E-state index contributed by atoms with van der Waals surface area (Å²) in [5.41, 5.74) is 2.53. The first-order valence-corrected chi connectivity index (χ1v) is 7.03. The van der Waals surface area contributed by atoms with Gasteiger partial charge in [-0.2, -0.15) is 11.8 Å². The Hall–Kier alpha value is -1.01. The molecule has 0 radical (unpaired) electrons. The van der Waals surface area contributed by atoms with Crippen molar-refractivity contribution >= 4 is 23.4 Å². The highest BCUT2D eigenvalue weighted by Gasteiger charge is 2.24. The first-order valence-electron chi connectivity index (χ1n) is 5.98. The molecule has 1 aromatic rings. The fraction of sp³-hybridized carbons (Fsp3) is 0.636. The van der Waals surface area contributed by atoms with Crippen molar-refractivity contribution < 1.29 is 0 Å². The van der Waals surface area contributed by atoms with E-state index < -0.39 is 0 Å². The summed E-state index contributed by atoms with van der Waals surface area (Å²) in [5.74, 6) is 8.00. The van der Waals surface area contributed by atoms with Crippen molar-refractivity contribution in [3.05, 3.63) is 12.4 Å². The molecule has 6 heteroatoms. The lowest BCUT2D eigenvalue weighted by molar-refractivity contribution is 0.751. The molecular weight excluding hydrogens is 234 g/mol. The van der Waals surface area contributed by atoms with Crippen LogP contribution in [0.25, 0.3) is 0 Å². The van der Waals surface area contributed by atoms with Gasteiger partial charge in [-0.3, -0.25) is 0 Å². The Morgan fingerprint density at radius 3 is 3.00 bits per heavy atom. The van der Waals surface area contributed by atoms with Crippen LogP contribution in [0.4, 0.5) is 11.6 Å². The number of thioether (sulfide) groups is 1. The highest BCUT2D eigenvalue weighted by atomic mass is 32.2. The maximum absolute atomic E-state index is 5.32. The lowest BCUT2D eigenvalue weighted by Gasteiger charge is -2.13. The van der Waals surface area contributed by atoms with E-state index in [0.717, 1.165) is 11.1 Å². The third-order valence-corrected chi connectivity index (χ3v) is 4.19. The largest absolute Gasteiger partial charge is 0.367 e. The third-order valence-electron chi connectivity index (χ3n) is 2.95. The SMILES string of the molecule is CCSC1CCC(Nc2cc(NN)ncn2)C1. The number of hydrogen-bond acceptors (Lipinski definition) is 6. The Bertz CT molecular complexity index is 359. The minimum absolute atomic E-state index is 0.527. The molecule has 2 unspecified atom stereocenters. The van der Waals surface area contributed by atoms with Gasteiger partial charge < -0.3 is 10.7 Å². The number of hydrogen-bond donors (Lipinski definition) is 3. The number of nitrogens with two attached hydrogens (primary N) is 1. The quantitative estimate of drug-likeness (QED) is 0.549. The normalized spacial score (nSPS) is 23.6. The Morgan fingerprint density at radius 2 is 2.24 bits per heavy atom. The summed E-state index contributed by atoms with van der Waals surface area (Å²) in [7, 11) is 0. The molecule has 0 spiro atoms. The van der Waals surface area contributed by atoms with Gasteiger partial charge >= 0.3 is 0 Å². The van der Waals surface area contributed by atoms with Crippen molar-refractivity contribution in [3.63, 3.8) is 0 Å². The van der Waals surface area contributed by atoms with Crippen LogP contribution in [0.2, 0.25) is 0 Å². The van der Waals surface area contributed by atoms with Gasteiger partial charge in [-0.25, -0.2) is 15.8 Å². The Kier molecular flexibility index (Phi) is 4.44. The minimum Gasteiger partial charge on any atom is -0.367 e. The van der Waals surface area contributed by atoms with E-state index in [2.05, 4.69) is 39.4 Å². The van der Waals surface area contributed by atoms with E-state index in [1.165, 1.54) is 31.3 Å². The molecule has 4 N–H and O–H groups in total. The van der Waals surface area contributed by atoms with Crippen LogP contribution in [0, 0.1) is 0 Å². The summed E-state index contributed by atoms with van der Waals surface area (Å²) in [5, 5.41) is 4.24. The van der Waals surface area contributed by atoms with Crippen molar-refractivity contribution in [2.24, 2.45) is 5.84 Å². The number of aromatic nitrogens is 2. The molecule has 1 aromatic heterocycles. The smallest absolute Gasteiger partial charge is 0.145 e. The highest BCUT2D eigenvalue weighted by Crippen LogP contribution is 2.31. The second-order valence-electron chi connectivity index (χ2n) is 4.16. The van der Waals surface area contributed by atoms with Crippen LogP contribution < -0.4 is 16.6 Å². The van der Waals surface area contributed by atoms with Gasteiger partial charge in [-0.1, -0.05) is 6.92 Å². The number of rotatable bonds is 5. The predicted octanol–water partition coefficient (Wildman–Crippen LogP) is 1.85. The molecule has 1 aliphatic rings. The van der Waals surface area contributed by atoms with Gasteiger partial charge in [0.25, 0.3) is 0 Å². The van der Waals surface area contributed by atoms with Crippen LogP contribution >= 0.6 is 11.8 Å². The zero-order chi connectivity index (χ0) is 12.1. The Balaban J connectivity index is 1.88. The maximum atomic E-state index is 5.32. The Labute approximate surface area is 106 Å². The molecule has 1 saturated carbocycles. The fourth-order valence-corrected chi connectivity index (χ4v) is 3.33. The minimum atomic E-state index is 0.527. The van der Waals surface area contributed by atoms with Gasteiger partial charge in [-0.05, 0) is 25.0 Å². The van der Waals surface area contributed by atoms with Crippen LogP contribution in [0.3, 0.4) is 0 Å². The Morgan fingerprint density at radius 1 is 1.41 bits per heavy atom. The van der Waals surface area contributed by atoms with Crippen molar-refractivity contribution in [2.45, 2.75) is 37.5 Å². The van der Waals surface area contributed by atoms with Gasteiger partial charge in [-0.15, -0.1) is 0 Å². The van der Waals surface area contributed by atoms with Crippen LogP contribution in [-0.2, 0) is 0 Å². The molecule has 0 bridgehead atoms. The van der Waals surface area contributed by atoms with E-state index in [0.29, 0.717) is 11.9 Å². The molecule has 2 atom stereocenters. The zero-order valence-electron chi connectivity index (χ0n) is 10.0. The average molecular weight is 253 g/mol. The van der Waals surface area contributed by atoms with Crippen LogP contribution in [-0.4, -0.2) is 27.0 Å². The molecule has 0 aliphatic heterocycles. The molecule has 1 fully saturated rings. The lowest BCUT2D eigenvalue weighted by atomic mass is 10.2. The molecule has 5 nitrogen and oxygen atoms in total. The average Bonchev–Trinajstić information content (AvgIpc) is 2.77. The number of nitrogens with one attached hydrogen (secondary N) is 2. The standard InChI is InChI=1S/C11H19N5S/c1-2-17-9-4-3-8(5-9)15-10-6-11(16-12)14-7-13-10/h6-9H,2-5,12H2,1H3,(H2,13,14,15,16). The fourth-order valence-electron chi connectivity index (χ4n) is 2.18. The number of nitrogen functional groups attached to an aromatic ring is 1. The summed E-state index contributed by atoms with van der Waals surface area (Å²) in [6, 6.07) is 2.36. The second kappa shape index (κ2) is 6.07. The van der Waals surface area contributed by atoms with Crippen molar-refractivity contribution in [1.82, 2.24) is 9.97 Å². The molecule has 0 aromatic carbocycles. The molecule has 94 valence electrons. The molecule has 2 rings (SSSR count). The molecular formula is C11H19N5S. The van der Waals surface area contributed by atoms with E-state index in [9.17, 15) is 0 Å². The van der Waals surface area contributed by atoms with E-state index in [1.807, 2.05) is 6.07 Å². The molecule has 1 heterocycles. The molecule has 0 amide bonds. The number of anilines is 2. The van der Waals surface area contributed by atoms with Gasteiger partial charge in [0.05, 0.1) is 0 Å². The number of hydrazine groups is 1. The lowest BCUT2D eigenvalue weighted by Crippen LogP contribution is -2.17. The monoisotopic (exact) mass is 253 g/mol. The second-order valence-corrected chi connectivity index (χ2v) is 5.74. The van der Waals surface area contributed by atoms with E-state index in [1.54, 1.807) is 0 Å². The molecule has 17 heavy (non-hydrogen) atoms. The summed E-state index contributed by atoms with van der Waals surface area (Å²) >= 11 is 2.06. The highest BCUT2D eigenvalue weighted by molar-refractivity contribution is 7.99. The third kappa shape index (κ3) is 3.47. The van der Waals surface area contributed by atoms with E-state index >= 15 is 0 Å². The van der Waals surface area contributed by atoms with E-state index in [4.69, 9.17) is 5.84 Å². The first kappa shape index (κ1) is 12.4. The molecule has 0 saturated heterocycles. The topological polar surface area (TPSA) is 75.9 Å².